The topological polar surface area (TPSA) is 63.2 Å². The Bertz CT molecular complexity index is 879. The number of carbonyl (C=O) groups is 1. The van der Waals surface area contributed by atoms with E-state index in [4.69, 9.17) is 11.6 Å². The van der Waals surface area contributed by atoms with Gasteiger partial charge in [0.1, 0.15) is 0 Å². The van der Waals surface area contributed by atoms with Crippen LogP contribution >= 0.6 is 27.5 Å². The molecule has 2 aromatic rings. The molecule has 0 spiro atoms. The number of hydrogen-bond acceptors (Lipinski definition) is 3. The van der Waals surface area contributed by atoms with E-state index in [2.05, 4.69) is 21.2 Å². The molecule has 0 heterocycles. The Hall–Kier alpha value is -1.63. The van der Waals surface area contributed by atoms with Gasteiger partial charge in [-0.05, 0) is 42.0 Å². The standard InChI is InChI=1S/C16H13BrClNO3S/c1-23(21,22)13-6-7-14(18)15(10-13)19-16(20)8-5-11-3-2-4-12(17)9-11/h2-10H,1H3,(H,19,20)/b8-5+. The maximum atomic E-state index is 12.0. The van der Waals surface area contributed by atoms with Crippen molar-refractivity contribution in [1.29, 1.82) is 0 Å². The van der Waals surface area contributed by atoms with Crippen molar-refractivity contribution in [2.75, 3.05) is 11.6 Å². The smallest absolute Gasteiger partial charge is 0.248 e. The van der Waals surface area contributed by atoms with Gasteiger partial charge in [0.15, 0.2) is 9.84 Å². The number of benzene rings is 2. The van der Waals surface area contributed by atoms with Crippen LogP contribution in [0.3, 0.4) is 0 Å². The lowest BCUT2D eigenvalue weighted by atomic mass is 10.2. The van der Waals surface area contributed by atoms with Crippen LogP contribution in [0.2, 0.25) is 5.02 Å². The van der Waals surface area contributed by atoms with Crippen molar-refractivity contribution < 1.29 is 13.2 Å². The second kappa shape index (κ2) is 7.29. The number of nitrogens with one attached hydrogen (secondary N) is 1. The molecule has 2 aromatic carbocycles. The van der Waals surface area contributed by atoms with Crippen LogP contribution in [0.4, 0.5) is 5.69 Å². The summed E-state index contributed by atoms with van der Waals surface area (Å²) in [7, 11) is -3.37. The van der Waals surface area contributed by atoms with Crippen molar-refractivity contribution in [3.8, 4) is 0 Å². The minimum atomic E-state index is -3.37. The largest absolute Gasteiger partial charge is 0.321 e. The Kier molecular flexibility index (Phi) is 5.62. The zero-order valence-electron chi connectivity index (χ0n) is 12.1. The molecule has 0 unspecified atom stereocenters. The third kappa shape index (κ3) is 5.20. The molecule has 4 nitrogen and oxygen atoms in total. The maximum absolute atomic E-state index is 12.0. The summed E-state index contributed by atoms with van der Waals surface area (Å²) in [4.78, 5) is 12.1. The number of amides is 1. The van der Waals surface area contributed by atoms with E-state index < -0.39 is 15.7 Å². The van der Waals surface area contributed by atoms with Gasteiger partial charge in [-0.15, -0.1) is 0 Å². The van der Waals surface area contributed by atoms with Crippen molar-refractivity contribution in [2.45, 2.75) is 4.90 Å². The van der Waals surface area contributed by atoms with Crippen LogP contribution in [-0.2, 0) is 14.6 Å². The van der Waals surface area contributed by atoms with Gasteiger partial charge in [0, 0.05) is 16.8 Å². The summed E-state index contributed by atoms with van der Waals surface area (Å²) in [5.74, 6) is -0.405. The van der Waals surface area contributed by atoms with Gasteiger partial charge in [-0.25, -0.2) is 8.42 Å². The number of sulfone groups is 1. The summed E-state index contributed by atoms with van der Waals surface area (Å²) in [6.45, 7) is 0. The minimum Gasteiger partial charge on any atom is -0.321 e. The van der Waals surface area contributed by atoms with Crippen LogP contribution in [-0.4, -0.2) is 20.6 Å². The van der Waals surface area contributed by atoms with Gasteiger partial charge in [0.2, 0.25) is 5.91 Å². The molecule has 0 bridgehead atoms. The van der Waals surface area contributed by atoms with Crippen molar-refractivity contribution in [1.82, 2.24) is 0 Å². The summed E-state index contributed by atoms with van der Waals surface area (Å²) < 4.78 is 24.0. The van der Waals surface area contributed by atoms with E-state index >= 15 is 0 Å². The van der Waals surface area contributed by atoms with Gasteiger partial charge in [0.05, 0.1) is 15.6 Å². The van der Waals surface area contributed by atoms with Crippen molar-refractivity contribution in [3.63, 3.8) is 0 Å². The van der Waals surface area contributed by atoms with Crippen LogP contribution in [0, 0.1) is 0 Å². The van der Waals surface area contributed by atoms with Crippen LogP contribution in [0.1, 0.15) is 5.56 Å². The first-order valence-corrected chi connectivity index (χ1v) is 9.56. The quantitative estimate of drug-likeness (QED) is 0.764. The number of rotatable bonds is 4. The van der Waals surface area contributed by atoms with Crippen LogP contribution in [0.25, 0.3) is 6.08 Å². The van der Waals surface area contributed by atoms with E-state index in [9.17, 15) is 13.2 Å². The highest BCUT2D eigenvalue weighted by atomic mass is 79.9. The molecular formula is C16H13BrClNO3S. The molecule has 2 rings (SSSR count). The number of halogens is 2. The van der Waals surface area contributed by atoms with Gasteiger partial charge < -0.3 is 5.32 Å². The fraction of sp³-hybridized carbons (Fsp3) is 0.0625. The monoisotopic (exact) mass is 413 g/mol. The van der Waals surface area contributed by atoms with Crippen LogP contribution in [0.15, 0.2) is 57.9 Å². The summed E-state index contributed by atoms with van der Waals surface area (Å²) in [5.41, 5.74) is 1.10. The van der Waals surface area contributed by atoms with Gasteiger partial charge in [-0.1, -0.05) is 39.7 Å². The van der Waals surface area contributed by atoms with Crippen LogP contribution in [0.5, 0.6) is 0 Å². The van der Waals surface area contributed by atoms with Crippen molar-refractivity contribution in [2.24, 2.45) is 0 Å². The van der Waals surface area contributed by atoms with Gasteiger partial charge in [-0.2, -0.15) is 0 Å². The molecule has 0 aliphatic heterocycles. The molecule has 0 saturated heterocycles. The molecule has 1 N–H and O–H groups in total. The zero-order chi connectivity index (χ0) is 17.0. The molecular weight excluding hydrogens is 402 g/mol. The summed E-state index contributed by atoms with van der Waals surface area (Å²) in [6.07, 6.45) is 4.09. The third-order valence-corrected chi connectivity index (χ3v) is 4.83. The summed E-state index contributed by atoms with van der Waals surface area (Å²) in [5, 5.41) is 2.84. The minimum absolute atomic E-state index is 0.0909. The second-order valence-electron chi connectivity index (χ2n) is 4.79. The van der Waals surface area contributed by atoms with Crippen molar-refractivity contribution in [3.05, 3.63) is 63.6 Å². The lowest BCUT2D eigenvalue weighted by Crippen LogP contribution is -2.09. The third-order valence-electron chi connectivity index (χ3n) is 2.90. The first-order chi connectivity index (χ1) is 10.8. The van der Waals surface area contributed by atoms with Gasteiger partial charge in [0.25, 0.3) is 0 Å². The average Bonchev–Trinajstić information content (AvgIpc) is 2.46. The Balaban J connectivity index is 2.17. The van der Waals surface area contributed by atoms with Crippen LogP contribution < -0.4 is 5.32 Å². The number of carbonyl (C=O) groups excluding carboxylic acids is 1. The molecule has 23 heavy (non-hydrogen) atoms. The lowest BCUT2D eigenvalue weighted by molar-refractivity contribution is -0.111. The van der Waals surface area contributed by atoms with E-state index in [1.165, 1.54) is 24.3 Å². The number of anilines is 1. The fourth-order valence-corrected chi connectivity index (χ4v) is 3.02. The average molecular weight is 415 g/mol. The fourth-order valence-electron chi connectivity index (χ4n) is 1.79. The highest BCUT2D eigenvalue weighted by molar-refractivity contribution is 9.10. The zero-order valence-corrected chi connectivity index (χ0v) is 15.2. The van der Waals surface area contributed by atoms with Gasteiger partial charge >= 0.3 is 0 Å². The molecule has 0 aliphatic rings. The van der Waals surface area contributed by atoms with E-state index in [1.807, 2.05) is 24.3 Å². The Morgan fingerprint density at radius 1 is 1.22 bits per heavy atom. The molecule has 7 heteroatoms. The molecule has 120 valence electrons. The second-order valence-corrected chi connectivity index (χ2v) is 8.13. The van der Waals surface area contributed by atoms with Crippen molar-refractivity contribution >= 4 is 55.0 Å². The molecule has 0 aromatic heterocycles. The molecule has 0 saturated carbocycles. The molecule has 0 aliphatic carbocycles. The predicted octanol–water partition coefficient (Wildman–Crippen LogP) is 4.16. The van der Waals surface area contributed by atoms with E-state index in [0.717, 1.165) is 16.3 Å². The maximum Gasteiger partial charge on any atom is 0.248 e. The Morgan fingerprint density at radius 3 is 2.61 bits per heavy atom. The number of hydrogen-bond donors (Lipinski definition) is 1. The highest BCUT2D eigenvalue weighted by Crippen LogP contribution is 2.25. The van der Waals surface area contributed by atoms with E-state index in [1.54, 1.807) is 6.08 Å². The summed E-state index contributed by atoms with van der Waals surface area (Å²) in [6, 6.07) is 11.6. The van der Waals surface area contributed by atoms with E-state index in [-0.39, 0.29) is 15.6 Å². The Morgan fingerprint density at radius 2 is 1.96 bits per heavy atom. The molecule has 0 fully saturated rings. The first kappa shape index (κ1) is 17.7. The lowest BCUT2D eigenvalue weighted by Gasteiger charge is -2.07. The SMILES string of the molecule is CS(=O)(=O)c1ccc(Cl)c(NC(=O)/C=C/c2cccc(Br)c2)c1. The normalized spacial score (nSPS) is 11.6. The molecule has 0 radical (unpaired) electrons. The van der Waals surface area contributed by atoms with Gasteiger partial charge in [-0.3, -0.25) is 4.79 Å². The first-order valence-electron chi connectivity index (χ1n) is 6.50. The van der Waals surface area contributed by atoms with E-state index in [0.29, 0.717) is 0 Å². The highest BCUT2D eigenvalue weighted by Gasteiger charge is 2.11. The predicted molar refractivity (Wildman–Crippen MR) is 96.4 cm³/mol. The summed E-state index contributed by atoms with van der Waals surface area (Å²) >= 11 is 9.34. The molecule has 0 atom stereocenters. The Labute approximate surface area is 148 Å². The molecule has 1 amide bonds.